The molecule has 164 valence electrons. The highest BCUT2D eigenvalue weighted by atomic mass is 16.5. The minimum atomic E-state index is -0.119. The van der Waals surface area contributed by atoms with Crippen LogP contribution < -0.4 is 5.32 Å². The first-order valence-corrected chi connectivity index (χ1v) is 11.1. The Bertz CT molecular complexity index is 741. The van der Waals surface area contributed by atoms with Gasteiger partial charge in [-0.3, -0.25) is 14.6 Å². The number of rotatable bonds is 5. The number of nitrogens with one attached hydrogen (secondary N) is 1. The monoisotopic (exact) mass is 414 g/mol. The summed E-state index contributed by atoms with van der Waals surface area (Å²) in [6.07, 6.45) is 5.21. The zero-order valence-corrected chi connectivity index (χ0v) is 18.2. The predicted molar refractivity (Wildman–Crippen MR) is 117 cm³/mol. The highest BCUT2D eigenvalue weighted by Gasteiger charge is 2.28. The van der Waals surface area contributed by atoms with Crippen molar-refractivity contribution in [3.05, 3.63) is 35.4 Å². The lowest BCUT2D eigenvalue weighted by Gasteiger charge is -2.34. The Morgan fingerprint density at radius 3 is 2.43 bits per heavy atom. The number of likely N-dealkylation sites (tertiary alicyclic amines) is 2. The van der Waals surface area contributed by atoms with Gasteiger partial charge < -0.3 is 19.9 Å². The molecule has 1 N–H and O–H groups in total. The van der Waals surface area contributed by atoms with E-state index < -0.39 is 0 Å². The molecule has 0 radical (unpaired) electrons. The molecule has 2 fully saturated rings. The lowest BCUT2D eigenvalue weighted by molar-refractivity contribution is -0.149. The number of nitrogens with zero attached hydrogens (tertiary/aromatic N) is 3. The molecule has 2 aliphatic heterocycles. The summed E-state index contributed by atoms with van der Waals surface area (Å²) in [5.41, 5.74) is 1.84. The number of hydrogen-bond donors (Lipinski definition) is 1. The Labute approximate surface area is 179 Å². The average molecular weight is 415 g/mol. The fraction of sp³-hybridized carbons (Fsp3) is 0.609. The number of carbonyl (C=O) groups is 2. The topological polar surface area (TPSA) is 74.2 Å². The van der Waals surface area contributed by atoms with Crippen molar-refractivity contribution in [3.8, 4) is 0 Å². The number of guanidine groups is 1. The molecule has 7 nitrogen and oxygen atoms in total. The number of benzene rings is 1. The number of esters is 1. The van der Waals surface area contributed by atoms with Gasteiger partial charge in [-0.25, -0.2) is 0 Å². The van der Waals surface area contributed by atoms with Crippen LogP contribution in [0.5, 0.6) is 0 Å². The quantitative estimate of drug-likeness (QED) is 0.456. The van der Waals surface area contributed by atoms with Gasteiger partial charge in [0.2, 0.25) is 0 Å². The second-order valence-corrected chi connectivity index (χ2v) is 7.99. The molecule has 2 aliphatic rings. The molecule has 0 aliphatic carbocycles. The molecule has 3 rings (SSSR count). The summed E-state index contributed by atoms with van der Waals surface area (Å²) >= 11 is 0. The molecular formula is C23H34N4O3. The molecule has 0 bridgehead atoms. The van der Waals surface area contributed by atoms with Crippen LogP contribution in [0.15, 0.2) is 29.3 Å². The van der Waals surface area contributed by atoms with E-state index in [1.807, 2.05) is 36.1 Å². The van der Waals surface area contributed by atoms with Crippen molar-refractivity contribution >= 4 is 17.8 Å². The van der Waals surface area contributed by atoms with Crippen LogP contribution in [-0.2, 0) is 16.1 Å². The van der Waals surface area contributed by atoms with E-state index in [2.05, 4.69) is 15.2 Å². The van der Waals surface area contributed by atoms with Crippen molar-refractivity contribution < 1.29 is 14.3 Å². The molecule has 0 spiro atoms. The van der Waals surface area contributed by atoms with Crippen LogP contribution in [0.4, 0.5) is 0 Å². The zero-order valence-electron chi connectivity index (χ0n) is 18.2. The summed E-state index contributed by atoms with van der Waals surface area (Å²) in [6.45, 7) is 6.09. The largest absolute Gasteiger partial charge is 0.466 e. The van der Waals surface area contributed by atoms with Gasteiger partial charge in [0.15, 0.2) is 5.96 Å². The second-order valence-electron chi connectivity index (χ2n) is 7.99. The molecule has 1 amide bonds. The van der Waals surface area contributed by atoms with Crippen LogP contribution >= 0.6 is 0 Å². The van der Waals surface area contributed by atoms with E-state index in [9.17, 15) is 9.59 Å². The molecule has 2 heterocycles. The highest BCUT2D eigenvalue weighted by molar-refractivity contribution is 5.94. The van der Waals surface area contributed by atoms with Gasteiger partial charge in [0.25, 0.3) is 5.91 Å². The molecule has 7 heteroatoms. The first kappa shape index (κ1) is 22.1. The average Bonchev–Trinajstić information content (AvgIpc) is 2.80. The summed E-state index contributed by atoms with van der Waals surface area (Å²) in [6, 6.07) is 7.81. The van der Waals surface area contributed by atoms with Gasteiger partial charge in [-0.2, -0.15) is 0 Å². The van der Waals surface area contributed by atoms with Gasteiger partial charge in [-0.05, 0) is 56.7 Å². The molecule has 2 saturated heterocycles. The zero-order chi connectivity index (χ0) is 21.3. The van der Waals surface area contributed by atoms with Crippen LogP contribution in [0, 0.1) is 5.92 Å². The third-order valence-electron chi connectivity index (χ3n) is 5.85. The van der Waals surface area contributed by atoms with Crippen molar-refractivity contribution in [2.24, 2.45) is 10.9 Å². The first-order valence-electron chi connectivity index (χ1n) is 11.1. The standard InChI is InChI=1S/C23H34N4O3/c1-3-30-22(29)20-8-7-15-27(17-20)23(24-2)25-16-18-9-11-19(12-10-18)21(28)26-13-5-4-6-14-26/h9-12,20H,3-8,13-17H2,1-2H3,(H,24,25). The Morgan fingerprint density at radius 1 is 1.07 bits per heavy atom. The lowest BCUT2D eigenvalue weighted by atomic mass is 9.98. The number of aliphatic imine (C=N–C) groups is 1. The normalized spacial score (nSPS) is 20.1. The van der Waals surface area contributed by atoms with Crippen molar-refractivity contribution in [2.75, 3.05) is 39.8 Å². The Morgan fingerprint density at radius 2 is 1.77 bits per heavy atom. The SMILES string of the molecule is CCOC(=O)C1CCCN(C(=NC)NCc2ccc(C(=O)N3CCCCC3)cc2)C1. The maximum absolute atomic E-state index is 12.6. The van der Waals surface area contributed by atoms with E-state index in [-0.39, 0.29) is 17.8 Å². The van der Waals surface area contributed by atoms with Crippen molar-refractivity contribution in [1.82, 2.24) is 15.1 Å². The third-order valence-corrected chi connectivity index (χ3v) is 5.85. The highest BCUT2D eigenvalue weighted by Crippen LogP contribution is 2.18. The second kappa shape index (κ2) is 11.0. The number of carbonyl (C=O) groups excluding carboxylic acids is 2. The van der Waals surface area contributed by atoms with E-state index in [1.54, 1.807) is 7.05 Å². The smallest absolute Gasteiger partial charge is 0.310 e. The Balaban J connectivity index is 1.53. The van der Waals surface area contributed by atoms with E-state index in [0.717, 1.165) is 62.4 Å². The maximum atomic E-state index is 12.6. The number of piperidine rings is 2. The van der Waals surface area contributed by atoms with E-state index in [4.69, 9.17) is 4.74 Å². The van der Waals surface area contributed by atoms with Gasteiger partial charge in [0.1, 0.15) is 0 Å². The van der Waals surface area contributed by atoms with Crippen LogP contribution in [0.25, 0.3) is 0 Å². The van der Waals surface area contributed by atoms with E-state index >= 15 is 0 Å². The van der Waals surface area contributed by atoms with E-state index in [1.165, 1.54) is 6.42 Å². The molecular weight excluding hydrogens is 380 g/mol. The van der Waals surface area contributed by atoms with Crippen molar-refractivity contribution in [2.45, 2.75) is 45.6 Å². The van der Waals surface area contributed by atoms with Crippen LogP contribution in [0.2, 0.25) is 0 Å². The van der Waals surface area contributed by atoms with Gasteiger partial charge in [-0.1, -0.05) is 12.1 Å². The molecule has 0 saturated carbocycles. The molecule has 1 unspecified atom stereocenters. The van der Waals surface area contributed by atoms with Gasteiger partial charge in [-0.15, -0.1) is 0 Å². The first-order chi connectivity index (χ1) is 14.6. The molecule has 1 atom stereocenters. The fourth-order valence-electron chi connectivity index (χ4n) is 4.18. The summed E-state index contributed by atoms with van der Waals surface area (Å²) < 4.78 is 5.19. The minimum Gasteiger partial charge on any atom is -0.466 e. The number of ether oxygens (including phenoxy) is 1. The Kier molecular flexibility index (Phi) is 8.11. The molecule has 0 aromatic heterocycles. The predicted octanol–water partition coefficient (Wildman–Crippen LogP) is 2.66. The summed E-state index contributed by atoms with van der Waals surface area (Å²) in [5, 5.41) is 3.39. The van der Waals surface area contributed by atoms with E-state index in [0.29, 0.717) is 19.7 Å². The van der Waals surface area contributed by atoms with Gasteiger partial charge >= 0.3 is 5.97 Å². The molecule has 30 heavy (non-hydrogen) atoms. The molecule has 1 aromatic rings. The third kappa shape index (κ3) is 5.74. The number of hydrogen-bond acceptors (Lipinski definition) is 4. The summed E-state index contributed by atoms with van der Waals surface area (Å²) in [7, 11) is 1.76. The Hall–Kier alpha value is -2.57. The lowest BCUT2D eigenvalue weighted by Crippen LogP contribution is -2.48. The number of amides is 1. The van der Waals surface area contributed by atoms with Crippen LogP contribution in [0.1, 0.15) is 54.9 Å². The van der Waals surface area contributed by atoms with Gasteiger partial charge in [0, 0.05) is 45.3 Å². The van der Waals surface area contributed by atoms with Gasteiger partial charge in [0.05, 0.1) is 12.5 Å². The van der Waals surface area contributed by atoms with Crippen LogP contribution in [-0.4, -0.2) is 67.5 Å². The maximum Gasteiger partial charge on any atom is 0.310 e. The minimum absolute atomic E-state index is 0.0997. The summed E-state index contributed by atoms with van der Waals surface area (Å²) in [4.78, 5) is 33.2. The fourth-order valence-corrected chi connectivity index (χ4v) is 4.18. The summed E-state index contributed by atoms with van der Waals surface area (Å²) in [5.74, 6) is 0.699. The van der Waals surface area contributed by atoms with Crippen molar-refractivity contribution in [3.63, 3.8) is 0 Å². The molecule has 1 aromatic carbocycles. The van der Waals surface area contributed by atoms with Crippen LogP contribution in [0.3, 0.4) is 0 Å². The van der Waals surface area contributed by atoms with Crippen molar-refractivity contribution in [1.29, 1.82) is 0 Å².